The van der Waals surface area contributed by atoms with Gasteiger partial charge in [0, 0.05) is 12.6 Å². The van der Waals surface area contributed by atoms with E-state index in [9.17, 15) is 13.6 Å². The highest BCUT2D eigenvalue weighted by atomic mass is 19.1. The van der Waals surface area contributed by atoms with Crippen LogP contribution in [0.25, 0.3) is 0 Å². The maximum absolute atomic E-state index is 13.8. The number of carbonyl (C=O) groups is 1. The van der Waals surface area contributed by atoms with Gasteiger partial charge in [0.1, 0.15) is 23.5 Å². The van der Waals surface area contributed by atoms with Gasteiger partial charge in [-0.05, 0) is 54.7 Å². The van der Waals surface area contributed by atoms with Gasteiger partial charge in [0.15, 0.2) is 0 Å². The minimum Gasteiger partial charge on any atom is -0.497 e. The number of alkyl carbamates (subject to hydrolysis) is 1. The summed E-state index contributed by atoms with van der Waals surface area (Å²) >= 11 is 0. The zero-order valence-electron chi connectivity index (χ0n) is 18.5. The van der Waals surface area contributed by atoms with Crippen LogP contribution in [0.3, 0.4) is 0 Å². The zero-order valence-corrected chi connectivity index (χ0v) is 18.5. The fraction of sp³-hybridized carbons (Fsp3) is 0.400. The Morgan fingerprint density at radius 3 is 2.58 bits per heavy atom. The lowest BCUT2D eigenvalue weighted by Gasteiger charge is -2.37. The lowest BCUT2D eigenvalue weighted by molar-refractivity contribution is 0.0420. The smallest absolute Gasteiger partial charge is 0.407 e. The van der Waals surface area contributed by atoms with E-state index in [0.29, 0.717) is 31.6 Å². The van der Waals surface area contributed by atoms with E-state index in [1.165, 1.54) is 12.1 Å². The van der Waals surface area contributed by atoms with Crippen molar-refractivity contribution < 1.29 is 27.8 Å². The fourth-order valence-corrected chi connectivity index (χ4v) is 4.85. The van der Waals surface area contributed by atoms with Crippen LogP contribution in [-0.2, 0) is 22.3 Å². The first-order valence-corrected chi connectivity index (χ1v) is 10.9. The third-order valence-corrected chi connectivity index (χ3v) is 6.23. The maximum Gasteiger partial charge on any atom is 0.407 e. The van der Waals surface area contributed by atoms with E-state index in [1.807, 2.05) is 24.3 Å². The average Bonchev–Trinajstić information content (AvgIpc) is 3.36. The number of ether oxygens (including phenoxy) is 3. The van der Waals surface area contributed by atoms with Crippen molar-refractivity contribution in [2.45, 2.75) is 43.1 Å². The summed E-state index contributed by atoms with van der Waals surface area (Å²) in [5.74, 6) is -0.562. The van der Waals surface area contributed by atoms with Crippen LogP contribution in [0.4, 0.5) is 13.6 Å². The molecule has 2 N–H and O–H groups in total. The van der Waals surface area contributed by atoms with E-state index in [0.717, 1.165) is 17.4 Å². The van der Waals surface area contributed by atoms with Crippen molar-refractivity contribution >= 4 is 6.09 Å². The van der Waals surface area contributed by atoms with Crippen molar-refractivity contribution in [2.24, 2.45) is 0 Å². The molecular weight excluding hydrogens is 430 g/mol. The van der Waals surface area contributed by atoms with Crippen molar-refractivity contribution in [3.05, 3.63) is 77.9 Å². The first kappa shape index (κ1) is 23.2. The Morgan fingerprint density at radius 1 is 1.18 bits per heavy atom. The molecule has 2 aromatic rings. The largest absolute Gasteiger partial charge is 0.497 e. The number of hydrogen-bond acceptors (Lipinski definition) is 5. The van der Waals surface area contributed by atoms with Crippen molar-refractivity contribution in [1.82, 2.24) is 10.6 Å². The molecule has 176 valence electrons. The molecular formula is C25H28F2N2O4. The first-order chi connectivity index (χ1) is 15.9. The van der Waals surface area contributed by atoms with Crippen LogP contribution in [0.1, 0.15) is 17.5 Å². The van der Waals surface area contributed by atoms with E-state index >= 15 is 0 Å². The molecule has 0 saturated carbocycles. The predicted octanol–water partition coefficient (Wildman–Crippen LogP) is 3.54. The number of methoxy groups -OCH3 is 1. The summed E-state index contributed by atoms with van der Waals surface area (Å²) in [6.07, 6.45) is 1.88. The highest BCUT2D eigenvalue weighted by Crippen LogP contribution is 2.36. The van der Waals surface area contributed by atoms with Crippen LogP contribution in [0.2, 0.25) is 0 Å². The summed E-state index contributed by atoms with van der Waals surface area (Å²) in [7, 11) is 1.61. The fourth-order valence-electron chi connectivity index (χ4n) is 4.85. The SMILES string of the molecule is C=CCO[C@H]1CN[C@@](Cc2ccc(OC)cc2)([C@H]2OC(=O)N[C@H]2Cc2cc(F)cc(F)c2)C1. The van der Waals surface area contributed by atoms with E-state index < -0.39 is 35.4 Å². The topological polar surface area (TPSA) is 68.8 Å². The van der Waals surface area contributed by atoms with E-state index in [1.54, 1.807) is 13.2 Å². The minimum atomic E-state index is -0.656. The number of cyclic esters (lactones) is 1. The Labute approximate surface area is 191 Å². The molecule has 33 heavy (non-hydrogen) atoms. The number of benzene rings is 2. The van der Waals surface area contributed by atoms with Gasteiger partial charge in [-0.25, -0.2) is 13.6 Å². The highest BCUT2D eigenvalue weighted by Gasteiger charge is 2.53. The van der Waals surface area contributed by atoms with Gasteiger partial charge >= 0.3 is 6.09 Å². The van der Waals surface area contributed by atoms with Gasteiger partial charge in [-0.1, -0.05) is 18.2 Å². The van der Waals surface area contributed by atoms with Crippen LogP contribution < -0.4 is 15.4 Å². The third-order valence-electron chi connectivity index (χ3n) is 6.23. The molecule has 2 aromatic carbocycles. The molecule has 2 fully saturated rings. The van der Waals surface area contributed by atoms with E-state index in [4.69, 9.17) is 14.2 Å². The summed E-state index contributed by atoms with van der Waals surface area (Å²) in [5.41, 5.74) is 0.854. The molecule has 2 aliphatic heterocycles. The number of rotatable bonds is 9. The number of hydrogen-bond donors (Lipinski definition) is 2. The quantitative estimate of drug-likeness (QED) is 0.563. The Morgan fingerprint density at radius 2 is 1.91 bits per heavy atom. The molecule has 1 amide bonds. The van der Waals surface area contributed by atoms with Crippen molar-refractivity contribution in [1.29, 1.82) is 0 Å². The summed E-state index contributed by atoms with van der Waals surface area (Å²) in [6, 6.07) is 10.6. The minimum absolute atomic E-state index is 0.0900. The van der Waals surface area contributed by atoms with Crippen molar-refractivity contribution in [2.75, 3.05) is 20.3 Å². The van der Waals surface area contributed by atoms with Crippen LogP contribution in [0, 0.1) is 11.6 Å². The lowest BCUT2D eigenvalue weighted by atomic mass is 9.79. The molecule has 0 spiro atoms. The molecule has 0 radical (unpaired) electrons. The van der Waals surface area contributed by atoms with Gasteiger partial charge in [0.2, 0.25) is 0 Å². The van der Waals surface area contributed by atoms with E-state index in [2.05, 4.69) is 17.2 Å². The van der Waals surface area contributed by atoms with Gasteiger partial charge < -0.3 is 24.8 Å². The summed E-state index contributed by atoms with van der Waals surface area (Å²) in [5, 5.41) is 6.38. The zero-order chi connectivity index (χ0) is 23.4. The molecule has 6 nitrogen and oxygen atoms in total. The summed E-state index contributed by atoms with van der Waals surface area (Å²) in [4.78, 5) is 12.3. The number of nitrogens with one attached hydrogen (secondary N) is 2. The number of carbonyl (C=O) groups excluding carboxylic acids is 1. The normalized spacial score (nSPS) is 26.6. The molecule has 0 aliphatic carbocycles. The second-order valence-corrected chi connectivity index (χ2v) is 8.57. The van der Waals surface area contributed by atoms with Crippen LogP contribution in [0.15, 0.2) is 55.1 Å². The van der Waals surface area contributed by atoms with Crippen molar-refractivity contribution in [3.63, 3.8) is 0 Å². The predicted molar refractivity (Wildman–Crippen MR) is 119 cm³/mol. The van der Waals surface area contributed by atoms with Gasteiger partial charge in [-0.15, -0.1) is 6.58 Å². The van der Waals surface area contributed by atoms with Gasteiger partial charge in [-0.2, -0.15) is 0 Å². The third kappa shape index (κ3) is 5.34. The van der Waals surface area contributed by atoms with Crippen LogP contribution >= 0.6 is 0 Å². The molecule has 0 unspecified atom stereocenters. The Balaban J connectivity index is 1.62. The van der Waals surface area contributed by atoms with Crippen LogP contribution in [0.5, 0.6) is 5.75 Å². The van der Waals surface area contributed by atoms with Gasteiger partial charge in [0.25, 0.3) is 0 Å². The second kappa shape index (κ2) is 9.89. The molecule has 2 saturated heterocycles. The molecule has 4 rings (SSSR count). The van der Waals surface area contributed by atoms with Gasteiger partial charge in [0.05, 0.1) is 31.4 Å². The molecule has 0 bridgehead atoms. The monoisotopic (exact) mass is 458 g/mol. The first-order valence-electron chi connectivity index (χ1n) is 10.9. The van der Waals surface area contributed by atoms with Crippen molar-refractivity contribution in [3.8, 4) is 5.75 Å². The van der Waals surface area contributed by atoms with Gasteiger partial charge in [-0.3, -0.25) is 0 Å². The van der Waals surface area contributed by atoms with Crippen LogP contribution in [-0.4, -0.2) is 50.1 Å². The lowest BCUT2D eigenvalue weighted by Crippen LogP contribution is -2.57. The average molecular weight is 459 g/mol. The molecule has 8 heteroatoms. The van der Waals surface area contributed by atoms with E-state index in [-0.39, 0.29) is 12.5 Å². The second-order valence-electron chi connectivity index (χ2n) is 8.57. The Hall–Kier alpha value is -2.97. The highest BCUT2D eigenvalue weighted by molar-refractivity contribution is 5.70. The molecule has 2 heterocycles. The Bertz CT molecular complexity index is 980. The maximum atomic E-state index is 13.8. The number of amides is 1. The molecule has 4 atom stereocenters. The summed E-state index contributed by atoms with van der Waals surface area (Å²) < 4.78 is 44.4. The molecule has 2 aliphatic rings. The standard InChI is InChI=1S/C25H28F2N2O4/c1-3-8-32-21-14-25(28-15-21,13-16-4-6-20(31-2)7-5-16)23-22(29-24(30)33-23)11-17-9-18(26)12-19(27)10-17/h3-7,9-10,12,21-23,28H,1,8,11,13-15H2,2H3,(H,29,30)/t21-,22+,23+,25-/m1/s1. The summed E-state index contributed by atoms with van der Waals surface area (Å²) in [6.45, 7) is 4.70. The Kier molecular flexibility index (Phi) is 6.95. The number of halogens is 2. The molecule has 0 aromatic heterocycles.